The van der Waals surface area contributed by atoms with Gasteiger partial charge in [-0.15, -0.1) is 0 Å². The molecular weight excluding hydrogens is 351 g/mol. The smallest absolute Gasteiger partial charge is 0.182 e. The Hall–Kier alpha value is -1.86. The lowest BCUT2D eigenvalue weighted by molar-refractivity contribution is 0.562. The molecule has 2 aromatic carbocycles. The Morgan fingerprint density at radius 3 is 1.96 bits per heavy atom. The first-order chi connectivity index (χ1) is 12.9. The minimum absolute atomic E-state index is 0.0373. The summed E-state index contributed by atoms with van der Waals surface area (Å²) in [5.74, 6) is 0. The second-order valence-electron chi connectivity index (χ2n) is 7.41. The van der Waals surface area contributed by atoms with E-state index in [0.29, 0.717) is 0 Å². The zero-order valence-electron chi connectivity index (χ0n) is 17.5. The molecule has 146 valence electrons. The van der Waals surface area contributed by atoms with Crippen LogP contribution in [-0.2, 0) is 17.4 Å². The van der Waals surface area contributed by atoms with Crippen molar-refractivity contribution >= 4 is 25.0 Å². The minimum Gasteiger partial charge on any atom is -0.299 e. The Morgan fingerprint density at radius 1 is 0.889 bits per heavy atom. The fourth-order valence-electron chi connectivity index (χ4n) is 3.49. The Kier molecular flexibility index (Phi) is 7.44. The molecular formula is C23H33N2OP. The van der Waals surface area contributed by atoms with Gasteiger partial charge in [0.1, 0.15) is 6.34 Å². The van der Waals surface area contributed by atoms with Crippen LogP contribution in [0.3, 0.4) is 0 Å². The lowest BCUT2D eigenvalue weighted by Crippen LogP contribution is -2.28. The average Bonchev–Trinajstić information content (AvgIpc) is 2.68. The van der Waals surface area contributed by atoms with Crippen molar-refractivity contribution in [3.05, 3.63) is 59.7 Å². The second kappa shape index (κ2) is 9.37. The highest BCUT2D eigenvalue weighted by atomic mass is 31.2. The minimum atomic E-state index is -2.71. The maximum absolute atomic E-state index is 14.2. The molecule has 3 nitrogen and oxygen atoms in total. The molecule has 0 aliphatic heterocycles. The number of nitrogens with zero attached hydrogens (tertiary/aromatic N) is 2. The number of benzene rings is 2. The van der Waals surface area contributed by atoms with Gasteiger partial charge in [0.15, 0.2) is 7.29 Å². The third-order valence-electron chi connectivity index (χ3n) is 5.11. The van der Waals surface area contributed by atoms with Crippen LogP contribution in [-0.4, -0.2) is 17.7 Å². The first-order valence-electron chi connectivity index (χ1n) is 9.95. The van der Waals surface area contributed by atoms with Crippen molar-refractivity contribution in [2.24, 2.45) is 4.99 Å². The van der Waals surface area contributed by atoms with E-state index in [1.807, 2.05) is 41.3 Å². The average molecular weight is 385 g/mol. The van der Waals surface area contributed by atoms with E-state index in [4.69, 9.17) is 4.99 Å². The molecule has 2 rings (SSSR count). The Bertz CT molecular complexity index is 815. The molecule has 0 spiro atoms. The molecule has 0 saturated carbocycles. The molecule has 0 radical (unpaired) electrons. The summed E-state index contributed by atoms with van der Waals surface area (Å²) < 4.78 is 16.2. The summed E-state index contributed by atoms with van der Waals surface area (Å²) in [7, 11) is -2.71. The van der Waals surface area contributed by atoms with Gasteiger partial charge in [0.2, 0.25) is 0 Å². The third-order valence-corrected chi connectivity index (χ3v) is 9.07. The van der Waals surface area contributed by atoms with E-state index < -0.39 is 7.29 Å². The summed E-state index contributed by atoms with van der Waals surface area (Å²) in [6, 6.07) is 16.4. The van der Waals surface area contributed by atoms with E-state index in [0.717, 1.165) is 24.2 Å². The van der Waals surface area contributed by atoms with Gasteiger partial charge < -0.3 is 0 Å². The van der Waals surface area contributed by atoms with Crippen LogP contribution in [0, 0.1) is 0 Å². The number of hydrogen-bond donors (Lipinski definition) is 0. The Balaban J connectivity index is 2.63. The number of para-hydroxylation sites is 2. The molecule has 0 fully saturated rings. The van der Waals surface area contributed by atoms with E-state index in [9.17, 15) is 4.57 Å². The van der Waals surface area contributed by atoms with Crippen molar-refractivity contribution in [2.75, 3.05) is 4.67 Å². The van der Waals surface area contributed by atoms with E-state index >= 15 is 0 Å². The molecule has 0 N–H and O–H groups in total. The van der Waals surface area contributed by atoms with Crippen molar-refractivity contribution in [3.63, 3.8) is 0 Å². The number of aliphatic imine (C=N–C) groups is 1. The number of hydrogen-bond acceptors (Lipinski definition) is 2. The van der Waals surface area contributed by atoms with Crippen LogP contribution in [0.2, 0.25) is 0 Å². The molecule has 2 aromatic rings. The number of aryl methyl sites for hydroxylation is 2. The normalized spacial score (nSPS) is 12.3. The van der Waals surface area contributed by atoms with Gasteiger partial charge in [0.05, 0.1) is 11.4 Å². The molecule has 0 saturated heterocycles. The van der Waals surface area contributed by atoms with Gasteiger partial charge in [-0.3, -0.25) is 9.24 Å². The first kappa shape index (κ1) is 21.4. The highest BCUT2D eigenvalue weighted by Crippen LogP contribution is 2.59. The summed E-state index contributed by atoms with van der Waals surface area (Å²) in [6.45, 7) is 12.5. The zero-order valence-corrected chi connectivity index (χ0v) is 18.4. The largest absolute Gasteiger partial charge is 0.299 e. The monoisotopic (exact) mass is 384 g/mol. The van der Waals surface area contributed by atoms with E-state index in [2.05, 4.69) is 59.7 Å². The molecule has 4 heteroatoms. The van der Waals surface area contributed by atoms with Gasteiger partial charge in [-0.2, -0.15) is 0 Å². The summed E-state index contributed by atoms with van der Waals surface area (Å²) in [6.07, 6.45) is 3.62. The summed E-state index contributed by atoms with van der Waals surface area (Å²) in [5.41, 5.74) is 4.41. The lowest BCUT2D eigenvalue weighted by atomic mass is 10.1. The molecule has 0 unspecified atom stereocenters. The maximum Gasteiger partial charge on any atom is 0.182 e. The highest BCUT2D eigenvalue weighted by Gasteiger charge is 2.37. The van der Waals surface area contributed by atoms with Crippen LogP contribution >= 0.6 is 7.29 Å². The molecule has 0 amide bonds. The number of anilines is 1. The van der Waals surface area contributed by atoms with Gasteiger partial charge in [0, 0.05) is 11.3 Å². The predicted octanol–water partition coefficient (Wildman–Crippen LogP) is 7.07. The van der Waals surface area contributed by atoms with Crippen molar-refractivity contribution in [3.8, 4) is 0 Å². The van der Waals surface area contributed by atoms with Gasteiger partial charge in [-0.25, -0.2) is 4.99 Å². The van der Waals surface area contributed by atoms with E-state index in [1.165, 1.54) is 11.1 Å². The van der Waals surface area contributed by atoms with Crippen LogP contribution in [0.5, 0.6) is 0 Å². The quantitative estimate of drug-likeness (QED) is 0.277. The Morgan fingerprint density at radius 2 is 1.41 bits per heavy atom. The van der Waals surface area contributed by atoms with Crippen molar-refractivity contribution in [1.82, 2.24) is 0 Å². The highest BCUT2D eigenvalue weighted by molar-refractivity contribution is 7.67. The third kappa shape index (κ3) is 4.52. The molecule has 0 bridgehead atoms. The van der Waals surface area contributed by atoms with Crippen LogP contribution in [0.15, 0.2) is 53.5 Å². The standard InChI is InChI=1S/C23H33N2OP/c1-7-20-13-9-11-15-22(20)24-17-25(27(26,18(3)4)19(5)6)23-16-12-10-14-21(23)8-2/h9-19H,7-8H2,1-6H3/b24-17+. The topological polar surface area (TPSA) is 32.7 Å². The molecule has 27 heavy (non-hydrogen) atoms. The van der Waals surface area contributed by atoms with Crippen LogP contribution < -0.4 is 4.67 Å². The van der Waals surface area contributed by atoms with Crippen molar-refractivity contribution in [2.45, 2.75) is 65.7 Å². The van der Waals surface area contributed by atoms with Gasteiger partial charge in [-0.05, 0) is 36.1 Å². The van der Waals surface area contributed by atoms with Gasteiger partial charge >= 0.3 is 0 Å². The Labute approximate surface area is 165 Å². The maximum atomic E-state index is 14.2. The van der Waals surface area contributed by atoms with Gasteiger partial charge in [-0.1, -0.05) is 77.9 Å². The molecule has 0 heterocycles. The van der Waals surface area contributed by atoms with E-state index in [1.54, 1.807) is 0 Å². The molecule has 0 aromatic heterocycles. The fourth-order valence-corrected chi connectivity index (χ4v) is 6.42. The molecule has 0 atom stereocenters. The molecule has 0 aliphatic carbocycles. The van der Waals surface area contributed by atoms with Crippen LogP contribution in [0.4, 0.5) is 11.4 Å². The summed E-state index contributed by atoms with van der Waals surface area (Å²) in [4.78, 5) is 4.79. The predicted molar refractivity (Wildman–Crippen MR) is 120 cm³/mol. The summed E-state index contributed by atoms with van der Waals surface area (Å²) >= 11 is 0. The second-order valence-corrected chi connectivity index (χ2v) is 11.3. The SMILES string of the molecule is CCc1ccccc1/N=C/N(c1ccccc1CC)P(=O)(C(C)C)C(C)C. The first-order valence-corrected chi connectivity index (χ1v) is 11.7. The van der Waals surface area contributed by atoms with Crippen LogP contribution in [0.25, 0.3) is 0 Å². The number of rotatable bonds is 8. The lowest BCUT2D eigenvalue weighted by Gasteiger charge is -2.37. The van der Waals surface area contributed by atoms with Crippen LogP contribution in [0.1, 0.15) is 52.7 Å². The fraction of sp³-hybridized carbons (Fsp3) is 0.435. The van der Waals surface area contributed by atoms with Crippen molar-refractivity contribution in [1.29, 1.82) is 0 Å². The molecule has 0 aliphatic rings. The van der Waals surface area contributed by atoms with Gasteiger partial charge in [0.25, 0.3) is 0 Å². The summed E-state index contributed by atoms with van der Waals surface area (Å²) in [5, 5.41) is 0. The van der Waals surface area contributed by atoms with Crippen molar-refractivity contribution < 1.29 is 4.57 Å². The zero-order chi connectivity index (χ0) is 20.0. The van der Waals surface area contributed by atoms with E-state index in [-0.39, 0.29) is 11.3 Å².